The number of aliphatic hydroxyl groups is 1. The van der Waals surface area contributed by atoms with Crippen LogP contribution in [0.15, 0.2) is 30.2 Å². The number of benzene rings is 1. The number of esters is 1. The molecule has 64 valence electrons. The monoisotopic (exact) mass is 171 g/mol. The molecule has 0 aliphatic carbocycles. The summed E-state index contributed by atoms with van der Waals surface area (Å²) in [6.45, 7) is 0. The Morgan fingerprint density at radius 1 is 1.58 bits per heavy atom. The highest BCUT2D eigenvalue weighted by Gasteiger charge is 2.16. The van der Waals surface area contributed by atoms with Crippen molar-refractivity contribution in [2.75, 3.05) is 7.11 Å². The van der Waals surface area contributed by atoms with Gasteiger partial charge in [-0.2, -0.15) is 0 Å². The smallest absolute Gasteiger partial charge is 0.339 e. The fourth-order valence-corrected chi connectivity index (χ4v) is 0.626. The summed E-state index contributed by atoms with van der Waals surface area (Å²) >= 11 is 0. The van der Waals surface area contributed by atoms with Crippen LogP contribution >= 0.6 is 0 Å². The van der Waals surface area contributed by atoms with E-state index >= 15 is 0 Å². The van der Waals surface area contributed by atoms with Crippen molar-refractivity contribution in [3.05, 3.63) is 35.8 Å². The highest BCUT2D eigenvalue weighted by molar-refractivity contribution is 5.75. The van der Waals surface area contributed by atoms with Gasteiger partial charge in [-0.1, -0.05) is 30.2 Å². The first-order valence-corrected chi connectivity index (χ1v) is 3.15. The molecular formula is C9H10O3. The third kappa shape index (κ3) is 1.83. The maximum Gasteiger partial charge on any atom is 0.339 e. The first-order valence-electron chi connectivity index (χ1n) is 5.65. The van der Waals surface area contributed by atoms with E-state index in [1.165, 1.54) is 0 Å². The lowest BCUT2D eigenvalue weighted by molar-refractivity contribution is -0.150. The summed E-state index contributed by atoms with van der Waals surface area (Å²) in [4.78, 5) is 11.1. The van der Waals surface area contributed by atoms with Crippen molar-refractivity contribution in [2.45, 2.75) is 6.10 Å². The van der Waals surface area contributed by atoms with Crippen LogP contribution in [0.2, 0.25) is 0 Å². The van der Waals surface area contributed by atoms with Crippen LogP contribution in [0.3, 0.4) is 0 Å². The Bertz CT molecular complexity index is 445. The van der Waals surface area contributed by atoms with Crippen LogP contribution in [0.1, 0.15) is 18.5 Å². The van der Waals surface area contributed by atoms with Gasteiger partial charge in [0.1, 0.15) is 0 Å². The van der Waals surface area contributed by atoms with Crippen molar-refractivity contribution in [3.8, 4) is 0 Å². The average Bonchev–Trinajstić information content (AvgIpc) is 2.32. The van der Waals surface area contributed by atoms with Crippen molar-refractivity contribution >= 4 is 5.97 Å². The molecule has 0 radical (unpaired) electrons. The standard InChI is InChI=1S/C9H10O3/c1-12-9(11)8(10)7-5-3-2-4-6-7/h2-6,8,10H,1H3/i2D,3D,4D,5D,6D. The van der Waals surface area contributed by atoms with Gasteiger partial charge in [-0.3, -0.25) is 0 Å². The average molecular weight is 171 g/mol. The summed E-state index contributed by atoms with van der Waals surface area (Å²) in [5, 5.41) is 9.55. The molecule has 0 bridgehead atoms. The predicted molar refractivity (Wildman–Crippen MR) is 43.4 cm³/mol. The number of methoxy groups -OCH3 is 1. The summed E-state index contributed by atoms with van der Waals surface area (Å²) in [7, 11) is 1.03. The number of hydrogen-bond donors (Lipinski definition) is 1. The van der Waals surface area contributed by atoms with E-state index in [2.05, 4.69) is 4.74 Å². The molecule has 1 rings (SSSR count). The second kappa shape index (κ2) is 3.88. The van der Waals surface area contributed by atoms with Crippen molar-refractivity contribution < 1.29 is 21.5 Å². The van der Waals surface area contributed by atoms with E-state index in [0.717, 1.165) is 7.11 Å². The third-order valence-electron chi connectivity index (χ3n) is 1.22. The highest BCUT2D eigenvalue weighted by atomic mass is 16.5. The first kappa shape index (κ1) is 4.05. The lowest BCUT2D eigenvalue weighted by atomic mass is 10.1. The molecule has 0 amide bonds. The number of ether oxygens (including phenoxy) is 1. The molecule has 0 fully saturated rings. The molecule has 1 unspecified atom stereocenters. The van der Waals surface area contributed by atoms with Crippen LogP contribution in [0.5, 0.6) is 0 Å². The van der Waals surface area contributed by atoms with Crippen LogP contribution in [-0.2, 0) is 9.53 Å². The SMILES string of the molecule is [2H]c1c([2H])c([2H])c(C(O)C(=O)OC)c([2H])c1[2H]. The first-order chi connectivity index (χ1) is 7.82. The predicted octanol–water partition coefficient (Wildman–Crippen LogP) is 0.893. The fourth-order valence-electron chi connectivity index (χ4n) is 0.626. The molecule has 0 saturated heterocycles. The Labute approximate surface area is 77.6 Å². The Kier molecular flexibility index (Phi) is 1.31. The van der Waals surface area contributed by atoms with E-state index in [0.29, 0.717) is 0 Å². The quantitative estimate of drug-likeness (QED) is 0.672. The number of carbonyl (C=O) groups is 1. The molecule has 0 saturated carbocycles. The van der Waals surface area contributed by atoms with Crippen molar-refractivity contribution in [2.24, 2.45) is 0 Å². The zero-order chi connectivity index (χ0) is 13.3. The van der Waals surface area contributed by atoms with Crippen molar-refractivity contribution in [1.82, 2.24) is 0 Å². The number of carbonyl (C=O) groups excluding carboxylic acids is 1. The molecular weight excluding hydrogens is 156 g/mol. The Morgan fingerprint density at radius 2 is 2.17 bits per heavy atom. The molecule has 1 N–H and O–H groups in total. The summed E-state index contributed by atoms with van der Waals surface area (Å²) < 4.78 is 41.3. The summed E-state index contributed by atoms with van der Waals surface area (Å²) in [5.74, 6) is -1.08. The Balaban J connectivity index is 3.49. The van der Waals surface area contributed by atoms with Gasteiger partial charge in [0, 0.05) is 0 Å². The number of rotatable bonds is 2. The minimum atomic E-state index is -1.89. The van der Waals surface area contributed by atoms with Gasteiger partial charge < -0.3 is 9.84 Å². The van der Waals surface area contributed by atoms with Crippen LogP contribution in [0.25, 0.3) is 0 Å². The van der Waals surface area contributed by atoms with Crippen LogP contribution < -0.4 is 0 Å². The Hall–Kier alpha value is -1.35. The minimum Gasteiger partial charge on any atom is -0.467 e. The fraction of sp³-hybridized carbons (Fsp3) is 0.222. The molecule has 0 heterocycles. The second-order valence-electron chi connectivity index (χ2n) is 1.96. The van der Waals surface area contributed by atoms with Crippen molar-refractivity contribution in [1.29, 1.82) is 0 Å². The lowest BCUT2D eigenvalue weighted by Crippen LogP contribution is -2.13. The molecule has 1 aromatic carbocycles. The van der Waals surface area contributed by atoms with E-state index in [1.807, 2.05) is 0 Å². The third-order valence-corrected chi connectivity index (χ3v) is 1.22. The van der Waals surface area contributed by atoms with Crippen LogP contribution in [0.4, 0.5) is 0 Å². The molecule has 0 aliphatic heterocycles. The second-order valence-corrected chi connectivity index (χ2v) is 1.96. The molecule has 0 aliphatic rings. The highest BCUT2D eigenvalue weighted by Crippen LogP contribution is 2.12. The van der Waals surface area contributed by atoms with Gasteiger partial charge in [0.2, 0.25) is 0 Å². The molecule has 3 heteroatoms. The molecule has 0 aromatic heterocycles. The Morgan fingerprint density at radius 3 is 2.67 bits per heavy atom. The van der Waals surface area contributed by atoms with Crippen LogP contribution in [0, 0.1) is 0 Å². The summed E-state index contributed by atoms with van der Waals surface area (Å²) in [6.07, 6.45) is -1.89. The van der Waals surface area contributed by atoms with E-state index in [1.54, 1.807) is 0 Å². The van der Waals surface area contributed by atoms with E-state index < -0.39 is 47.8 Å². The van der Waals surface area contributed by atoms with E-state index in [9.17, 15) is 9.90 Å². The molecule has 1 atom stereocenters. The summed E-state index contributed by atoms with van der Waals surface area (Å²) in [5.41, 5.74) is -0.483. The van der Waals surface area contributed by atoms with Gasteiger partial charge in [0.15, 0.2) is 6.10 Å². The molecule has 3 nitrogen and oxygen atoms in total. The van der Waals surface area contributed by atoms with E-state index in [-0.39, 0.29) is 0 Å². The van der Waals surface area contributed by atoms with Gasteiger partial charge in [-0.25, -0.2) is 4.79 Å². The minimum absolute atomic E-state index is 0.483. The normalized spacial score (nSPS) is 18.0. The topological polar surface area (TPSA) is 46.5 Å². The molecule has 1 aromatic rings. The molecule has 12 heavy (non-hydrogen) atoms. The molecule has 0 spiro atoms. The van der Waals surface area contributed by atoms with Gasteiger partial charge in [-0.15, -0.1) is 0 Å². The lowest BCUT2D eigenvalue weighted by Gasteiger charge is -2.07. The van der Waals surface area contributed by atoms with Gasteiger partial charge in [0.25, 0.3) is 0 Å². The number of aliphatic hydroxyl groups excluding tert-OH is 1. The van der Waals surface area contributed by atoms with Crippen molar-refractivity contribution in [3.63, 3.8) is 0 Å². The van der Waals surface area contributed by atoms with Gasteiger partial charge in [0.05, 0.1) is 14.0 Å². The van der Waals surface area contributed by atoms with Gasteiger partial charge in [-0.05, 0) is 5.56 Å². The maximum absolute atomic E-state index is 11.1. The zero-order valence-corrected chi connectivity index (χ0v) is 6.34. The largest absolute Gasteiger partial charge is 0.467 e. The number of hydrogen-bond acceptors (Lipinski definition) is 3. The van der Waals surface area contributed by atoms with Gasteiger partial charge >= 0.3 is 5.97 Å². The maximum atomic E-state index is 11.1. The van der Waals surface area contributed by atoms with Crippen LogP contribution in [-0.4, -0.2) is 18.2 Å². The zero-order valence-electron chi connectivity index (χ0n) is 11.3. The van der Waals surface area contributed by atoms with E-state index in [4.69, 9.17) is 6.85 Å². The summed E-state index contributed by atoms with van der Waals surface area (Å²) in [6, 6.07) is -3.03.